The fourth-order valence-electron chi connectivity index (χ4n) is 3.58. The van der Waals surface area contributed by atoms with Gasteiger partial charge < -0.3 is 4.74 Å². The van der Waals surface area contributed by atoms with E-state index in [1.54, 1.807) is 43.5 Å². The van der Waals surface area contributed by atoms with Crippen LogP contribution >= 0.6 is 0 Å². The van der Waals surface area contributed by atoms with Crippen LogP contribution in [0.4, 0.5) is 11.4 Å². The first-order valence-corrected chi connectivity index (χ1v) is 12.9. The van der Waals surface area contributed by atoms with E-state index in [-0.39, 0.29) is 34.4 Å². The maximum atomic E-state index is 13.3. The van der Waals surface area contributed by atoms with E-state index in [0.29, 0.717) is 9.82 Å². The third-order valence-corrected chi connectivity index (χ3v) is 8.24. The van der Waals surface area contributed by atoms with Crippen LogP contribution in [0.1, 0.15) is 13.8 Å². The Kier molecular flexibility index (Phi) is 5.55. The van der Waals surface area contributed by atoms with Gasteiger partial charge in [-0.3, -0.25) is 14.5 Å². The highest BCUT2D eigenvalue weighted by molar-refractivity contribution is 7.94. The molecular formula is C21H21N3O6S2. The Morgan fingerprint density at radius 3 is 2.62 bits per heavy atom. The molecule has 2 aromatic carbocycles. The molecule has 1 amide bonds. The van der Waals surface area contributed by atoms with Gasteiger partial charge in [0, 0.05) is 11.6 Å². The number of carbonyl (C=O) groups is 1. The average Bonchev–Trinajstić information content (AvgIpc) is 2.95. The van der Waals surface area contributed by atoms with Crippen LogP contribution in [0, 0.1) is 5.92 Å². The highest BCUT2D eigenvalue weighted by Gasteiger charge is 2.42. The molecule has 0 aliphatic carbocycles. The summed E-state index contributed by atoms with van der Waals surface area (Å²) in [6.07, 6.45) is 1.55. The van der Waals surface area contributed by atoms with Crippen LogP contribution in [0.5, 0.6) is 5.75 Å². The van der Waals surface area contributed by atoms with Gasteiger partial charge in [-0.15, -0.1) is 0 Å². The average molecular weight is 476 g/mol. The first-order valence-electron chi connectivity index (χ1n) is 9.84. The molecule has 4 rings (SSSR count). The Morgan fingerprint density at radius 1 is 1.19 bits per heavy atom. The van der Waals surface area contributed by atoms with Crippen LogP contribution in [0.3, 0.4) is 0 Å². The van der Waals surface area contributed by atoms with E-state index >= 15 is 0 Å². The molecule has 9 nitrogen and oxygen atoms in total. The van der Waals surface area contributed by atoms with E-state index < -0.39 is 31.9 Å². The molecule has 1 aliphatic heterocycles. The molecule has 1 unspecified atom stereocenters. The summed E-state index contributed by atoms with van der Waals surface area (Å²) in [7, 11) is -8.12. The third-order valence-electron chi connectivity index (χ3n) is 4.99. The molecule has 1 atom stereocenters. The minimum absolute atomic E-state index is 0.0361. The van der Waals surface area contributed by atoms with Gasteiger partial charge in [0.15, 0.2) is 0 Å². The van der Waals surface area contributed by atoms with E-state index in [1.807, 2.05) is 0 Å². The van der Waals surface area contributed by atoms with Crippen molar-refractivity contribution in [2.45, 2.75) is 18.7 Å². The Bertz CT molecular complexity index is 1420. The smallest absolute Gasteiger partial charge is 0.265 e. The van der Waals surface area contributed by atoms with Crippen molar-refractivity contribution in [3.8, 4) is 5.75 Å². The number of rotatable bonds is 6. The molecule has 0 saturated carbocycles. The van der Waals surface area contributed by atoms with Gasteiger partial charge in [-0.2, -0.15) is 0 Å². The van der Waals surface area contributed by atoms with Gasteiger partial charge >= 0.3 is 0 Å². The van der Waals surface area contributed by atoms with Crippen molar-refractivity contribution in [3.63, 3.8) is 0 Å². The molecule has 3 aromatic rings. The summed E-state index contributed by atoms with van der Waals surface area (Å²) < 4.78 is 60.3. The van der Waals surface area contributed by atoms with Crippen LogP contribution < -0.4 is 13.8 Å². The van der Waals surface area contributed by atoms with Crippen molar-refractivity contribution in [2.75, 3.05) is 21.4 Å². The van der Waals surface area contributed by atoms with Gasteiger partial charge in [-0.25, -0.2) is 21.1 Å². The monoisotopic (exact) mass is 475 g/mol. The Morgan fingerprint density at radius 2 is 1.94 bits per heavy atom. The third kappa shape index (κ3) is 3.89. The largest absolute Gasteiger partial charge is 0.492 e. The van der Waals surface area contributed by atoms with Gasteiger partial charge in [0.1, 0.15) is 10.6 Å². The lowest BCUT2D eigenvalue weighted by Gasteiger charge is -2.19. The van der Waals surface area contributed by atoms with Gasteiger partial charge in [-0.05, 0) is 37.3 Å². The highest BCUT2D eigenvalue weighted by atomic mass is 32.2. The van der Waals surface area contributed by atoms with E-state index in [4.69, 9.17) is 4.74 Å². The summed E-state index contributed by atoms with van der Waals surface area (Å²) in [6, 6.07) is 12.5. The van der Waals surface area contributed by atoms with E-state index in [2.05, 4.69) is 9.71 Å². The summed E-state index contributed by atoms with van der Waals surface area (Å²) in [5.41, 5.74) is 0.660. The Hall–Kier alpha value is -3.18. The van der Waals surface area contributed by atoms with E-state index in [0.717, 1.165) is 11.5 Å². The molecule has 2 heterocycles. The first-order chi connectivity index (χ1) is 15.1. The standard InChI is InChI=1S/C21H21N3O6S2/c1-3-30-18-10-9-16(24-21(25)14(2)13-31(24,26)27)12-19(18)32(28,29)23-17-8-4-6-15-7-5-11-22-20(15)17/h4-12,14,23H,3,13H2,1-2H3. The van der Waals surface area contributed by atoms with Gasteiger partial charge in [-0.1, -0.05) is 25.1 Å². The zero-order chi connectivity index (χ0) is 23.1. The minimum Gasteiger partial charge on any atom is -0.492 e. The molecule has 11 heteroatoms. The van der Waals surface area contributed by atoms with Crippen molar-refractivity contribution < 1.29 is 26.4 Å². The van der Waals surface area contributed by atoms with Crippen molar-refractivity contribution in [3.05, 3.63) is 54.7 Å². The summed E-state index contributed by atoms with van der Waals surface area (Å²) >= 11 is 0. The number of nitrogens with one attached hydrogen (secondary N) is 1. The normalized spacial score (nSPS) is 18.1. The number of amides is 1. The highest BCUT2D eigenvalue weighted by Crippen LogP contribution is 2.35. The van der Waals surface area contributed by atoms with Crippen molar-refractivity contribution in [1.82, 2.24) is 4.98 Å². The number of hydrogen-bond acceptors (Lipinski definition) is 7. The molecule has 1 N–H and O–H groups in total. The van der Waals surface area contributed by atoms with E-state index in [1.165, 1.54) is 19.1 Å². The Balaban J connectivity index is 1.82. The molecule has 0 spiro atoms. The number of nitrogens with zero attached hydrogens (tertiary/aromatic N) is 2. The molecule has 168 valence electrons. The molecule has 1 fully saturated rings. The second-order valence-corrected chi connectivity index (χ2v) is 10.8. The lowest BCUT2D eigenvalue weighted by atomic mass is 10.2. The van der Waals surface area contributed by atoms with Crippen LogP contribution in [0.2, 0.25) is 0 Å². The van der Waals surface area contributed by atoms with Gasteiger partial charge in [0.2, 0.25) is 15.9 Å². The molecule has 0 bridgehead atoms. The number of benzene rings is 2. The fourth-order valence-corrected chi connectivity index (χ4v) is 6.63. The number of carbonyl (C=O) groups excluding carboxylic acids is 1. The number of pyridine rings is 1. The number of ether oxygens (including phenoxy) is 1. The molecule has 1 aromatic heterocycles. The topological polar surface area (TPSA) is 123 Å². The molecule has 1 saturated heterocycles. The molecule has 1 aliphatic rings. The van der Waals surface area contributed by atoms with Crippen molar-refractivity contribution in [1.29, 1.82) is 0 Å². The number of para-hydroxylation sites is 1. The predicted molar refractivity (Wildman–Crippen MR) is 121 cm³/mol. The summed E-state index contributed by atoms with van der Waals surface area (Å²) in [5, 5.41) is 0.745. The second-order valence-electron chi connectivity index (χ2n) is 7.33. The Labute approximate surface area is 186 Å². The summed E-state index contributed by atoms with van der Waals surface area (Å²) in [6.45, 7) is 3.40. The fraction of sp³-hybridized carbons (Fsp3) is 0.238. The number of sulfonamides is 2. The quantitative estimate of drug-likeness (QED) is 0.581. The number of anilines is 2. The molecule has 32 heavy (non-hydrogen) atoms. The SMILES string of the molecule is CCOc1ccc(N2C(=O)C(C)CS2(=O)=O)cc1S(=O)(=O)Nc1cccc2cccnc12. The van der Waals surface area contributed by atoms with Crippen molar-refractivity contribution >= 4 is 48.2 Å². The maximum absolute atomic E-state index is 13.3. The zero-order valence-electron chi connectivity index (χ0n) is 17.3. The number of fused-ring (bicyclic) bond motifs is 1. The lowest BCUT2D eigenvalue weighted by molar-refractivity contribution is -0.119. The van der Waals surface area contributed by atoms with Crippen LogP contribution in [-0.2, 0) is 24.8 Å². The molecule has 0 radical (unpaired) electrons. The molecular weight excluding hydrogens is 454 g/mol. The van der Waals surface area contributed by atoms with Gasteiger partial charge in [0.25, 0.3) is 10.0 Å². The van der Waals surface area contributed by atoms with E-state index in [9.17, 15) is 21.6 Å². The maximum Gasteiger partial charge on any atom is 0.265 e. The van der Waals surface area contributed by atoms with Crippen LogP contribution in [0.25, 0.3) is 10.9 Å². The summed E-state index contributed by atoms with van der Waals surface area (Å²) in [5.74, 6) is -1.62. The number of aromatic nitrogens is 1. The van der Waals surface area contributed by atoms with Crippen LogP contribution in [0.15, 0.2) is 59.6 Å². The lowest BCUT2D eigenvalue weighted by Crippen LogP contribution is -2.30. The van der Waals surface area contributed by atoms with Crippen molar-refractivity contribution in [2.24, 2.45) is 5.92 Å². The van der Waals surface area contributed by atoms with Crippen LogP contribution in [-0.4, -0.2) is 40.1 Å². The minimum atomic E-state index is -4.23. The second kappa shape index (κ2) is 8.06. The first kappa shape index (κ1) is 22.0. The van der Waals surface area contributed by atoms with Gasteiger partial charge in [0.05, 0.1) is 35.2 Å². The summed E-state index contributed by atoms with van der Waals surface area (Å²) in [4.78, 5) is 16.4. The number of hydrogen-bond donors (Lipinski definition) is 1. The zero-order valence-corrected chi connectivity index (χ0v) is 19.0. The predicted octanol–water partition coefficient (Wildman–Crippen LogP) is 2.75.